The summed E-state index contributed by atoms with van der Waals surface area (Å²) in [7, 11) is 0. The van der Waals surface area contributed by atoms with Crippen LogP contribution in [0.15, 0.2) is 94.0 Å². The number of anilines is 1. The van der Waals surface area contributed by atoms with Crippen molar-refractivity contribution in [3.63, 3.8) is 0 Å². The Balaban J connectivity index is 1.82. The molecule has 3 nitrogen and oxygen atoms in total. The van der Waals surface area contributed by atoms with Crippen molar-refractivity contribution in [1.29, 1.82) is 0 Å². The number of carbonyl (C=O) groups excluding carboxylic acids is 1. The van der Waals surface area contributed by atoms with Crippen molar-refractivity contribution in [2.45, 2.75) is 6.92 Å². The Bertz CT molecular complexity index is 1040. The van der Waals surface area contributed by atoms with E-state index in [-0.39, 0.29) is 5.91 Å². The van der Waals surface area contributed by atoms with E-state index in [4.69, 9.17) is 0 Å². The van der Waals surface area contributed by atoms with Crippen molar-refractivity contribution in [1.82, 2.24) is 0 Å². The number of hydrogen-bond donors (Lipinski definition) is 0. The van der Waals surface area contributed by atoms with E-state index in [9.17, 15) is 4.79 Å². The van der Waals surface area contributed by atoms with Crippen LogP contribution in [0.3, 0.4) is 0 Å². The molecule has 0 spiro atoms. The molecule has 1 amide bonds. The molecule has 0 unspecified atom stereocenters. The summed E-state index contributed by atoms with van der Waals surface area (Å²) in [6.07, 6.45) is 1.83. The van der Waals surface area contributed by atoms with Gasteiger partial charge in [0.15, 0.2) is 0 Å². The average molecular weight is 417 g/mol. The van der Waals surface area contributed by atoms with E-state index in [2.05, 4.69) is 20.9 Å². The van der Waals surface area contributed by atoms with E-state index >= 15 is 0 Å². The van der Waals surface area contributed by atoms with Crippen LogP contribution in [0.5, 0.6) is 0 Å². The van der Waals surface area contributed by atoms with E-state index < -0.39 is 0 Å². The Morgan fingerprint density at radius 2 is 1.56 bits per heavy atom. The van der Waals surface area contributed by atoms with Gasteiger partial charge in [0.2, 0.25) is 0 Å². The maximum absolute atomic E-state index is 13.2. The Morgan fingerprint density at radius 3 is 2.22 bits per heavy atom. The highest BCUT2D eigenvalue weighted by Gasteiger charge is 2.32. The van der Waals surface area contributed by atoms with Gasteiger partial charge < -0.3 is 0 Å². The minimum Gasteiger partial charge on any atom is -0.266 e. The van der Waals surface area contributed by atoms with E-state index in [0.717, 1.165) is 21.3 Å². The van der Waals surface area contributed by atoms with Crippen LogP contribution >= 0.6 is 15.9 Å². The second-order valence-electron chi connectivity index (χ2n) is 6.36. The van der Waals surface area contributed by atoms with Gasteiger partial charge in [0.25, 0.3) is 5.91 Å². The van der Waals surface area contributed by atoms with E-state index in [1.54, 1.807) is 4.90 Å². The Hall–Kier alpha value is -2.98. The van der Waals surface area contributed by atoms with Gasteiger partial charge in [-0.05, 0) is 42.8 Å². The van der Waals surface area contributed by atoms with Gasteiger partial charge >= 0.3 is 0 Å². The number of hydrogen-bond acceptors (Lipinski definition) is 2. The first-order chi connectivity index (χ1) is 13.1. The first kappa shape index (κ1) is 17.4. The number of rotatable bonds is 3. The van der Waals surface area contributed by atoms with E-state index in [0.29, 0.717) is 11.5 Å². The van der Waals surface area contributed by atoms with Gasteiger partial charge in [-0.3, -0.25) is 9.69 Å². The van der Waals surface area contributed by atoms with Crippen LogP contribution in [0.25, 0.3) is 6.08 Å². The Kier molecular flexibility index (Phi) is 4.73. The van der Waals surface area contributed by atoms with E-state index in [1.807, 2.05) is 91.9 Å². The fourth-order valence-corrected chi connectivity index (χ4v) is 3.21. The summed E-state index contributed by atoms with van der Waals surface area (Å²) in [5.74, 6) is 0.515. The number of aliphatic imine (C=N–C) groups is 1. The van der Waals surface area contributed by atoms with Crippen LogP contribution in [0.2, 0.25) is 0 Å². The zero-order valence-corrected chi connectivity index (χ0v) is 16.3. The third-order valence-electron chi connectivity index (χ3n) is 4.36. The molecule has 0 radical (unpaired) electrons. The van der Waals surface area contributed by atoms with Gasteiger partial charge in [-0.25, -0.2) is 4.99 Å². The molecule has 4 heteroatoms. The molecule has 1 aliphatic heterocycles. The van der Waals surface area contributed by atoms with Crippen molar-refractivity contribution < 1.29 is 4.79 Å². The van der Waals surface area contributed by atoms with Crippen LogP contribution in [0, 0.1) is 6.92 Å². The lowest BCUT2D eigenvalue weighted by Crippen LogP contribution is -2.32. The fourth-order valence-electron chi connectivity index (χ4n) is 2.95. The highest BCUT2D eigenvalue weighted by Crippen LogP contribution is 2.29. The smallest absolute Gasteiger partial charge is 0.266 e. The molecule has 0 N–H and O–H groups in total. The summed E-state index contributed by atoms with van der Waals surface area (Å²) in [6.45, 7) is 2.04. The number of amides is 1. The average Bonchev–Trinajstić information content (AvgIpc) is 3.00. The molecule has 4 rings (SSSR count). The molecule has 3 aromatic carbocycles. The number of benzene rings is 3. The highest BCUT2D eigenvalue weighted by molar-refractivity contribution is 9.10. The van der Waals surface area contributed by atoms with Crippen molar-refractivity contribution in [3.05, 3.63) is 106 Å². The Labute approximate surface area is 166 Å². The summed E-state index contributed by atoms with van der Waals surface area (Å²) in [4.78, 5) is 19.5. The monoisotopic (exact) mass is 416 g/mol. The lowest BCUT2D eigenvalue weighted by atomic mass is 10.1. The minimum absolute atomic E-state index is 0.128. The van der Waals surface area contributed by atoms with Crippen molar-refractivity contribution in [3.8, 4) is 0 Å². The number of aryl methyl sites for hydroxylation is 1. The molecule has 0 saturated carbocycles. The molecule has 3 aromatic rings. The van der Waals surface area contributed by atoms with Crippen molar-refractivity contribution in [2.24, 2.45) is 4.99 Å². The molecule has 0 atom stereocenters. The van der Waals surface area contributed by atoms with Crippen LogP contribution in [-0.4, -0.2) is 11.7 Å². The van der Waals surface area contributed by atoms with Crippen molar-refractivity contribution >= 4 is 39.4 Å². The van der Waals surface area contributed by atoms with Gasteiger partial charge in [0.1, 0.15) is 11.5 Å². The molecular weight excluding hydrogens is 400 g/mol. The predicted octanol–water partition coefficient (Wildman–Crippen LogP) is 5.59. The summed E-state index contributed by atoms with van der Waals surface area (Å²) < 4.78 is 0.965. The molecule has 0 aliphatic carbocycles. The topological polar surface area (TPSA) is 32.7 Å². The number of halogens is 1. The normalized spacial score (nSPS) is 15.3. The lowest BCUT2D eigenvalue weighted by molar-refractivity contribution is -0.113. The predicted molar refractivity (Wildman–Crippen MR) is 114 cm³/mol. The van der Waals surface area contributed by atoms with Gasteiger partial charge in [0, 0.05) is 10.0 Å². The summed E-state index contributed by atoms with van der Waals surface area (Å²) in [5.41, 5.74) is 4.25. The second kappa shape index (κ2) is 7.33. The fraction of sp³-hybridized carbons (Fsp3) is 0.0435. The van der Waals surface area contributed by atoms with Gasteiger partial charge in [-0.2, -0.15) is 0 Å². The van der Waals surface area contributed by atoms with Gasteiger partial charge in [0.05, 0.1) is 5.69 Å². The van der Waals surface area contributed by atoms with Crippen LogP contribution in [0.1, 0.15) is 16.7 Å². The molecule has 27 heavy (non-hydrogen) atoms. The first-order valence-electron chi connectivity index (χ1n) is 8.64. The van der Waals surface area contributed by atoms with Crippen LogP contribution in [-0.2, 0) is 4.79 Å². The van der Waals surface area contributed by atoms with Crippen molar-refractivity contribution in [2.75, 3.05) is 4.90 Å². The molecule has 0 bridgehead atoms. The minimum atomic E-state index is -0.128. The molecule has 132 valence electrons. The third kappa shape index (κ3) is 3.62. The molecule has 1 heterocycles. The Morgan fingerprint density at radius 1 is 0.889 bits per heavy atom. The molecule has 1 aliphatic rings. The lowest BCUT2D eigenvalue weighted by Gasteiger charge is -2.18. The van der Waals surface area contributed by atoms with Gasteiger partial charge in [-0.15, -0.1) is 0 Å². The SMILES string of the molecule is Cc1ccc(C2=N/C(=C/c3ccccc3)C(=O)N2c2ccc(Br)cc2)cc1. The summed E-state index contributed by atoms with van der Waals surface area (Å²) in [5, 5.41) is 0. The summed E-state index contributed by atoms with van der Waals surface area (Å²) in [6, 6.07) is 25.5. The quantitative estimate of drug-likeness (QED) is 0.512. The zero-order valence-electron chi connectivity index (χ0n) is 14.8. The highest BCUT2D eigenvalue weighted by atomic mass is 79.9. The standard InChI is InChI=1S/C23H17BrN2O/c1-16-7-9-18(10-8-16)22-25-21(15-17-5-3-2-4-6-17)23(27)26(22)20-13-11-19(24)12-14-20/h2-15H,1H3/b21-15+. The third-order valence-corrected chi connectivity index (χ3v) is 4.89. The van der Waals surface area contributed by atoms with Crippen LogP contribution in [0.4, 0.5) is 5.69 Å². The second-order valence-corrected chi connectivity index (χ2v) is 7.27. The number of amidine groups is 1. The molecule has 0 aromatic heterocycles. The maximum Gasteiger partial charge on any atom is 0.282 e. The molecule has 0 saturated heterocycles. The first-order valence-corrected chi connectivity index (χ1v) is 9.43. The van der Waals surface area contributed by atoms with E-state index in [1.165, 1.54) is 5.56 Å². The zero-order chi connectivity index (χ0) is 18.8. The number of carbonyl (C=O) groups is 1. The maximum atomic E-state index is 13.2. The summed E-state index contributed by atoms with van der Waals surface area (Å²) >= 11 is 3.45. The van der Waals surface area contributed by atoms with Gasteiger partial charge in [-0.1, -0.05) is 76.1 Å². The molecular formula is C23H17BrN2O. The largest absolute Gasteiger partial charge is 0.282 e. The molecule has 0 fully saturated rings. The number of nitrogens with zero attached hydrogens (tertiary/aromatic N) is 2. The van der Waals surface area contributed by atoms with Crippen LogP contribution < -0.4 is 4.90 Å².